The van der Waals surface area contributed by atoms with Gasteiger partial charge in [-0.2, -0.15) is 5.11 Å². The van der Waals surface area contributed by atoms with E-state index < -0.39 is 0 Å². The highest BCUT2D eigenvalue weighted by Gasteiger charge is 2.08. The summed E-state index contributed by atoms with van der Waals surface area (Å²) < 4.78 is 1.24. The number of hydrogen-bond acceptors (Lipinski definition) is 4. The number of benzene rings is 1. The minimum atomic E-state index is -0.326. The van der Waals surface area contributed by atoms with Crippen molar-refractivity contribution in [3.8, 4) is 0 Å². The molecule has 2 aromatic rings. The third kappa shape index (κ3) is 2.36. The normalized spacial score (nSPS) is 11.2. The van der Waals surface area contributed by atoms with Crippen LogP contribution in [-0.2, 0) is 7.05 Å². The molecule has 1 heterocycles. The van der Waals surface area contributed by atoms with Crippen molar-refractivity contribution in [2.45, 2.75) is 0 Å². The number of hydrogen-bond donors (Lipinski definition) is 2. The zero-order valence-electron chi connectivity index (χ0n) is 9.01. The van der Waals surface area contributed by atoms with Gasteiger partial charge in [0.05, 0.1) is 5.69 Å². The predicted octanol–water partition coefficient (Wildman–Crippen LogP) is 2.36. The Kier molecular flexibility index (Phi) is 2.97. The van der Waals surface area contributed by atoms with Crippen LogP contribution in [0.3, 0.4) is 0 Å². The molecule has 17 heavy (non-hydrogen) atoms. The smallest absolute Gasteiger partial charge is 0.296 e. The van der Waals surface area contributed by atoms with Crippen LogP contribution in [0.5, 0.6) is 0 Å². The van der Waals surface area contributed by atoms with E-state index in [9.17, 15) is 4.79 Å². The van der Waals surface area contributed by atoms with Gasteiger partial charge in [-0.3, -0.25) is 14.6 Å². The predicted molar refractivity (Wildman–Crippen MR) is 66.1 cm³/mol. The van der Waals surface area contributed by atoms with E-state index in [1.165, 1.54) is 4.68 Å². The summed E-state index contributed by atoms with van der Waals surface area (Å²) in [6.45, 7) is 0. The molecule has 0 radical (unpaired) electrons. The molecule has 1 aromatic carbocycles. The third-order valence-electron chi connectivity index (χ3n) is 2.12. The molecular weight excluding hydrogens is 242 g/mol. The van der Waals surface area contributed by atoms with Crippen LogP contribution in [0.2, 0.25) is 5.02 Å². The molecule has 0 unspecified atom stereocenters. The van der Waals surface area contributed by atoms with E-state index in [0.717, 1.165) is 0 Å². The lowest BCUT2D eigenvalue weighted by Gasteiger charge is -1.92. The molecule has 0 aliphatic carbocycles. The highest BCUT2D eigenvalue weighted by atomic mass is 35.5. The summed E-state index contributed by atoms with van der Waals surface area (Å²) >= 11 is 5.79. The van der Waals surface area contributed by atoms with Crippen molar-refractivity contribution >= 4 is 28.8 Å². The monoisotopic (exact) mass is 251 g/mol. The fraction of sp³-hybridized carbons (Fsp3) is 0.100. The van der Waals surface area contributed by atoms with Crippen LogP contribution in [0.25, 0.3) is 0 Å². The van der Waals surface area contributed by atoms with Gasteiger partial charge in [-0.15, -0.1) is 5.11 Å². The van der Waals surface area contributed by atoms with Gasteiger partial charge in [0.15, 0.2) is 5.69 Å². The second kappa shape index (κ2) is 4.42. The Morgan fingerprint density at radius 1 is 1.41 bits per heavy atom. The van der Waals surface area contributed by atoms with Crippen molar-refractivity contribution in [2.75, 3.05) is 5.73 Å². The average Bonchev–Trinajstić information content (AvgIpc) is 2.51. The Morgan fingerprint density at radius 3 is 2.76 bits per heavy atom. The SMILES string of the molecule is Cn1[nH]c(N)c(N=Nc2cccc(Cl)c2)c1=O. The molecule has 0 saturated heterocycles. The zero-order valence-corrected chi connectivity index (χ0v) is 9.77. The third-order valence-corrected chi connectivity index (χ3v) is 2.36. The molecule has 1 aromatic heterocycles. The summed E-state index contributed by atoms with van der Waals surface area (Å²) in [5.74, 6) is 0.184. The first-order chi connectivity index (χ1) is 8.08. The highest BCUT2D eigenvalue weighted by Crippen LogP contribution is 2.21. The van der Waals surface area contributed by atoms with Crippen molar-refractivity contribution in [1.82, 2.24) is 9.78 Å². The second-order valence-corrected chi connectivity index (χ2v) is 3.85. The number of azo groups is 1. The van der Waals surface area contributed by atoms with Gasteiger partial charge in [0.2, 0.25) is 0 Å². The van der Waals surface area contributed by atoms with Crippen molar-refractivity contribution in [3.63, 3.8) is 0 Å². The van der Waals surface area contributed by atoms with Crippen molar-refractivity contribution in [2.24, 2.45) is 17.3 Å². The first-order valence-corrected chi connectivity index (χ1v) is 5.17. The van der Waals surface area contributed by atoms with Gasteiger partial charge < -0.3 is 5.73 Å². The topological polar surface area (TPSA) is 88.5 Å². The summed E-state index contributed by atoms with van der Waals surface area (Å²) in [7, 11) is 1.55. The number of nitrogen functional groups attached to an aromatic ring is 1. The number of rotatable bonds is 2. The van der Waals surface area contributed by atoms with Gasteiger partial charge in [-0.25, -0.2) is 0 Å². The van der Waals surface area contributed by atoms with Gasteiger partial charge in [-0.1, -0.05) is 17.7 Å². The number of aromatic nitrogens is 2. The minimum absolute atomic E-state index is 0.0903. The molecule has 0 saturated carbocycles. The maximum Gasteiger partial charge on any atom is 0.296 e. The van der Waals surface area contributed by atoms with Crippen LogP contribution in [0.15, 0.2) is 39.3 Å². The van der Waals surface area contributed by atoms with Crippen molar-refractivity contribution in [1.29, 1.82) is 0 Å². The lowest BCUT2D eigenvalue weighted by atomic mass is 10.3. The van der Waals surface area contributed by atoms with Crippen LogP contribution < -0.4 is 11.3 Å². The van der Waals surface area contributed by atoms with Gasteiger partial charge in [0, 0.05) is 12.1 Å². The molecule has 0 bridgehead atoms. The maximum absolute atomic E-state index is 11.5. The fourth-order valence-electron chi connectivity index (χ4n) is 1.30. The number of nitrogens with two attached hydrogens (primary N) is 1. The van der Waals surface area contributed by atoms with Crippen LogP contribution in [-0.4, -0.2) is 9.78 Å². The van der Waals surface area contributed by atoms with Gasteiger partial charge in [-0.05, 0) is 18.2 Å². The maximum atomic E-state index is 11.5. The fourth-order valence-corrected chi connectivity index (χ4v) is 1.49. The highest BCUT2D eigenvalue weighted by molar-refractivity contribution is 6.30. The molecule has 0 spiro atoms. The minimum Gasteiger partial charge on any atom is -0.382 e. The Hall–Kier alpha value is -2.08. The Morgan fingerprint density at radius 2 is 2.18 bits per heavy atom. The lowest BCUT2D eigenvalue weighted by Crippen LogP contribution is -2.10. The number of halogens is 1. The largest absolute Gasteiger partial charge is 0.382 e. The summed E-state index contributed by atoms with van der Waals surface area (Å²) in [5, 5.41) is 10.9. The Balaban J connectivity index is 2.35. The van der Waals surface area contributed by atoms with E-state index >= 15 is 0 Å². The van der Waals surface area contributed by atoms with Crippen LogP contribution in [0, 0.1) is 0 Å². The number of aryl methyl sites for hydroxylation is 1. The molecule has 0 atom stereocenters. The van der Waals surface area contributed by atoms with Gasteiger partial charge in [0.25, 0.3) is 5.56 Å². The summed E-state index contributed by atoms with van der Waals surface area (Å²) in [6, 6.07) is 6.83. The van der Waals surface area contributed by atoms with E-state index in [4.69, 9.17) is 17.3 Å². The molecule has 0 aliphatic rings. The quantitative estimate of drug-likeness (QED) is 0.803. The van der Waals surface area contributed by atoms with E-state index in [1.807, 2.05) is 0 Å². The molecule has 0 amide bonds. The first-order valence-electron chi connectivity index (χ1n) is 4.79. The summed E-state index contributed by atoms with van der Waals surface area (Å²) in [6.07, 6.45) is 0. The second-order valence-electron chi connectivity index (χ2n) is 3.42. The molecule has 0 fully saturated rings. The molecule has 3 N–H and O–H groups in total. The Labute approximate surface area is 102 Å². The standard InChI is InChI=1S/C10H10ClN5O/c1-16-10(17)8(9(12)15-16)14-13-7-4-2-3-6(11)5-7/h2-5,15H,12H2,1H3. The van der Waals surface area contributed by atoms with E-state index in [1.54, 1.807) is 31.3 Å². The Bertz CT molecular complexity index is 628. The molecule has 2 rings (SSSR count). The number of nitrogens with one attached hydrogen (secondary N) is 1. The summed E-state index contributed by atoms with van der Waals surface area (Å²) in [5.41, 5.74) is 5.90. The number of H-pyrrole nitrogens is 1. The van der Waals surface area contributed by atoms with E-state index in [-0.39, 0.29) is 17.1 Å². The molecule has 7 heteroatoms. The van der Waals surface area contributed by atoms with E-state index in [2.05, 4.69) is 15.3 Å². The molecular formula is C10H10ClN5O. The number of aromatic amines is 1. The van der Waals surface area contributed by atoms with Crippen molar-refractivity contribution < 1.29 is 0 Å². The van der Waals surface area contributed by atoms with Crippen LogP contribution in [0.4, 0.5) is 17.2 Å². The average molecular weight is 252 g/mol. The molecule has 0 aliphatic heterocycles. The van der Waals surface area contributed by atoms with E-state index in [0.29, 0.717) is 10.7 Å². The molecule has 88 valence electrons. The summed E-state index contributed by atoms with van der Waals surface area (Å²) in [4.78, 5) is 11.5. The number of anilines is 1. The zero-order chi connectivity index (χ0) is 12.4. The van der Waals surface area contributed by atoms with Crippen LogP contribution in [0.1, 0.15) is 0 Å². The first kappa shape index (κ1) is 11.4. The van der Waals surface area contributed by atoms with Gasteiger partial charge >= 0.3 is 0 Å². The van der Waals surface area contributed by atoms with Crippen LogP contribution >= 0.6 is 11.6 Å². The lowest BCUT2D eigenvalue weighted by molar-refractivity contribution is 0.743. The number of nitrogens with zero attached hydrogens (tertiary/aromatic N) is 3. The van der Waals surface area contributed by atoms with Crippen molar-refractivity contribution in [3.05, 3.63) is 39.6 Å². The van der Waals surface area contributed by atoms with Gasteiger partial charge in [0.1, 0.15) is 5.82 Å². The molecule has 6 nitrogen and oxygen atoms in total.